The first-order valence-corrected chi connectivity index (χ1v) is 12.4. The van der Waals surface area contributed by atoms with Crippen molar-refractivity contribution in [3.8, 4) is 5.75 Å². The third-order valence-corrected chi connectivity index (χ3v) is 5.82. The number of unbranched alkanes of at least 4 members (excludes halogenated alkanes) is 2. The summed E-state index contributed by atoms with van der Waals surface area (Å²) in [5, 5.41) is 3.49. The molecule has 184 valence electrons. The molecule has 2 rings (SSSR count). The molecule has 9 nitrogen and oxygen atoms in total. The molecule has 0 amide bonds. The van der Waals surface area contributed by atoms with Gasteiger partial charge >= 0.3 is 5.97 Å². The molecule has 0 aliphatic carbocycles. The van der Waals surface area contributed by atoms with Crippen LogP contribution in [0.1, 0.15) is 50.2 Å². The molecule has 0 heterocycles. The molecular weight excluding hydrogens is 456 g/mol. The van der Waals surface area contributed by atoms with Gasteiger partial charge in [-0.25, -0.2) is 9.00 Å². The van der Waals surface area contributed by atoms with E-state index >= 15 is 0 Å². The number of ether oxygens (including phenoxy) is 2. The molecule has 10 heteroatoms. The predicted octanol–water partition coefficient (Wildman–Crippen LogP) is 5.10. The minimum Gasteiger partial charge on any atom is -0.494 e. The summed E-state index contributed by atoms with van der Waals surface area (Å²) in [5.74, 6) is 0.115. The molecule has 1 unspecified atom stereocenters. The van der Waals surface area contributed by atoms with Crippen LogP contribution in [0, 0.1) is 0 Å². The van der Waals surface area contributed by atoms with Crippen molar-refractivity contribution in [3.05, 3.63) is 76.2 Å². The second kappa shape index (κ2) is 15.1. The number of rotatable bonds is 16. The molecular formula is C24H32N4O5S. The van der Waals surface area contributed by atoms with Gasteiger partial charge in [-0.05, 0) is 48.1 Å². The van der Waals surface area contributed by atoms with Crippen LogP contribution in [-0.2, 0) is 33.8 Å². The van der Waals surface area contributed by atoms with E-state index in [1.54, 1.807) is 12.1 Å². The van der Waals surface area contributed by atoms with Crippen LogP contribution >= 0.6 is 0 Å². The van der Waals surface area contributed by atoms with Gasteiger partial charge in [-0.2, -0.15) is 4.72 Å². The fourth-order valence-corrected chi connectivity index (χ4v) is 4.06. The fraction of sp³-hybridized carbons (Fsp3) is 0.458. The van der Waals surface area contributed by atoms with Gasteiger partial charge in [0.15, 0.2) is 0 Å². The minimum absolute atomic E-state index is 0.0831. The molecule has 2 atom stereocenters. The zero-order valence-electron chi connectivity index (χ0n) is 19.4. The van der Waals surface area contributed by atoms with Gasteiger partial charge in [-0.1, -0.05) is 67.3 Å². The molecule has 0 fully saturated rings. The highest BCUT2D eigenvalue weighted by Gasteiger charge is 2.41. The lowest BCUT2D eigenvalue weighted by Gasteiger charge is -2.31. The zero-order valence-corrected chi connectivity index (χ0v) is 20.2. The highest BCUT2D eigenvalue weighted by Crippen LogP contribution is 2.25. The molecule has 2 aromatic rings. The second-order valence-electron chi connectivity index (χ2n) is 7.93. The van der Waals surface area contributed by atoms with Crippen molar-refractivity contribution in [3.63, 3.8) is 0 Å². The Balaban J connectivity index is 2.09. The average molecular weight is 489 g/mol. The predicted molar refractivity (Wildman–Crippen MR) is 131 cm³/mol. The third kappa shape index (κ3) is 9.52. The number of nitrogens with zero attached hydrogens (tertiary/aromatic N) is 3. The summed E-state index contributed by atoms with van der Waals surface area (Å²) in [6, 6.07) is 16.6. The van der Waals surface area contributed by atoms with E-state index in [1.807, 2.05) is 49.4 Å². The van der Waals surface area contributed by atoms with E-state index in [1.165, 1.54) is 0 Å². The summed E-state index contributed by atoms with van der Waals surface area (Å²) < 4.78 is 35.2. The Hall–Kier alpha value is -2.91. The van der Waals surface area contributed by atoms with E-state index in [2.05, 4.69) is 14.7 Å². The molecule has 34 heavy (non-hydrogen) atoms. The Morgan fingerprint density at radius 2 is 1.85 bits per heavy atom. The summed E-state index contributed by atoms with van der Waals surface area (Å²) in [5.41, 5.74) is 8.59. The number of carbonyl (C=O) groups excluding carboxylic acids is 1. The van der Waals surface area contributed by atoms with Crippen molar-refractivity contribution >= 4 is 17.2 Å². The lowest BCUT2D eigenvalue weighted by atomic mass is 9.86. The number of azide groups is 1. The molecule has 2 aromatic carbocycles. The lowest BCUT2D eigenvalue weighted by molar-refractivity contribution is -0.152. The normalized spacial score (nSPS) is 13.4. The van der Waals surface area contributed by atoms with Crippen LogP contribution in [-0.4, -0.2) is 33.4 Å². The number of hydrogen-bond acceptors (Lipinski definition) is 5. The Kier molecular flexibility index (Phi) is 12.1. The Morgan fingerprint density at radius 3 is 2.50 bits per heavy atom. The van der Waals surface area contributed by atoms with Gasteiger partial charge in [-0.3, -0.25) is 4.55 Å². The van der Waals surface area contributed by atoms with Gasteiger partial charge in [0.1, 0.15) is 17.9 Å². The maximum Gasteiger partial charge on any atom is 0.327 e. The Bertz CT molecular complexity index is 952. The van der Waals surface area contributed by atoms with Crippen molar-refractivity contribution in [1.82, 2.24) is 4.72 Å². The number of carbonyl (C=O) groups is 1. The molecule has 0 bridgehead atoms. The average Bonchev–Trinajstić information content (AvgIpc) is 2.84. The van der Waals surface area contributed by atoms with Crippen molar-refractivity contribution in [2.45, 2.75) is 57.6 Å². The highest BCUT2D eigenvalue weighted by molar-refractivity contribution is 7.77. The molecule has 0 saturated carbocycles. The van der Waals surface area contributed by atoms with Crippen molar-refractivity contribution in [1.29, 1.82) is 0 Å². The van der Waals surface area contributed by atoms with Crippen molar-refractivity contribution in [2.24, 2.45) is 5.11 Å². The van der Waals surface area contributed by atoms with Gasteiger partial charge in [-0.15, -0.1) is 0 Å². The van der Waals surface area contributed by atoms with Crippen LogP contribution in [0.3, 0.4) is 0 Å². The number of hydrogen-bond donors (Lipinski definition) is 2. The molecule has 0 aromatic heterocycles. The van der Waals surface area contributed by atoms with Crippen LogP contribution in [0.2, 0.25) is 0 Å². The van der Waals surface area contributed by atoms with Crippen LogP contribution in [0.15, 0.2) is 59.7 Å². The van der Waals surface area contributed by atoms with E-state index in [0.717, 1.165) is 30.4 Å². The summed E-state index contributed by atoms with van der Waals surface area (Å²) in [7, 11) is 0. The van der Waals surface area contributed by atoms with Gasteiger partial charge in [0, 0.05) is 17.9 Å². The largest absolute Gasteiger partial charge is 0.494 e. The first-order chi connectivity index (χ1) is 16.5. The molecule has 0 spiro atoms. The van der Waals surface area contributed by atoms with Crippen LogP contribution < -0.4 is 9.46 Å². The fourth-order valence-electron chi connectivity index (χ4n) is 3.47. The number of nitrogens with one attached hydrogen (secondary N) is 1. The van der Waals surface area contributed by atoms with E-state index in [9.17, 15) is 13.6 Å². The van der Waals surface area contributed by atoms with E-state index in [-0.39, 0.29) is 13.0 Å². The third-order valence-electron chi connectivity index (χ3n) is 5.26. The highest BCUT2D eigenvalue weighted by atomic mass is 32.2. The standard InChI is InChI=1S/C24H32N4O5S/c1-2-3-15-24(27-34(30)31,23(29)33-19-21-9-5-4-6-10-21)18-20-11-13-22(14-12-20)32-17-8-7-16-26-28-25/h4-6,9-14,27H,2-3,7-8,15-19H2,1H3,(H,30,31)/t24-/m0/s1. The van der Waals surface area contributed by atoms with E-state index in [0.29, 0.717) is 31.7 Å². The van der Waals surface area contributed by atoms with Gasteiger partial charge in [0.05, 0.1) is 6.61 Å². The van der Waals surface area contributed by atoms with Crippen molar-refractivity contribution in [2.75, 3.05) is 13.2 Å². The second-order valence-corrected chi connectivity index (χ2v) is 8.63. The summed E-state index contributed by atoms with van der Waals surface area (Å²) >= 11 is -2.40. The smallest absolute Gasteiger partial charge is 0.327 e. The zero-order chi connectivity index (χ0) is 24.7. The molecule has 0 saturated heterocycles. The Labute approximate surface area is 202 Å². The minimum atomic E-state index is -2.40. The van der Waals surface area contributed by atoms with Gasteiger partial charge < -0.3 is 9.47 Å². The summed E-state index contributed by atoms with van der Waals surface area (Å²) in [6.45, 7) is 3.02. The van der Waals surface area contributed by atoms with E-state index < -0.39 is 22.8 Å². The topological polar surface area (TPSA) is 134 Å². The van der Waals surface area contributed by atoms with Crippen LogP contribution in [0.5, 0.6) is 5.75 Å². The maximum absolute atomic E-state index is 13.2. The molecule has 0 aliphatic rings. The monoisotopic (exact) mass is 488 g/mol. The van der Waals surface area contributed by atoms with Gasteiger partial charge in [0.25, 0.3) is 0 Å². The lowest BCUT2D eigenvalue weighted by Crippen LogP contribution is -2.55. The first-order valence-electron chi connectivity index (χ1n) is 11.3. The SMILES string of the molecule is CCCC[C@@](Cc1ccc(OCCCCN=[N+]=[N-])cc1)(NS(=O)O)C(=O)OCc1ccccc1. The molecule has 0 radical (unpaired) electrons. The Morgan fingerprint density at radius 1 is 1.12 bits per heavy atom. The van der Waals surface area contributed by atoms with Crippen molar-refractivity contribution < 1.29 is 23.0 Å². The first kappa shape index (κ1) is 27.3. The quantitative estimate of drug-likeness (QED) is 0.0847. The number of esters is 1. The van der Waals surface area contributed by atoms with E-state index in [4.69, 9.17) is 15.0 Å². The van der Waals surface area contributed by atoms with Crippen LogP contribution in [0.4, 0.5) is 0 Å². The summed E-state index contributed by atoms with van der Waals surface area (Å²) in [6.07, 6.45) is 3.56. The number of benzene rings is 2. The molecule has 0 aliphatic heterocycles. The molecule has 2 N–H and O–H groups in total. The maximum atomic E-state index is 13.2. The van der Waals surface area contributed by atoms with Crippen LogP contribution in [0.25, 0.3) is 10.4 Å². The summed E-state index contributed by atoms with van der Waals surface area (Å²) in [4.78, 5) is 15.9. The van der Waals surface area contributed by atoms with Gasteiger partial charge in [0.2, 0.25) is 11.3 Å².